The van der Waals surface area contributed by atoms with Gasteiger partial charge >= 0.3 is 0 Å². The molecule has 2 aromatic rings. The van der Waals surface area contributed by atoms with Gasteiger partial charge in [-0.1, -0.05) is 13.0 Å². The maximum atomic E-state index is 12.6. The number of aryl methyl sites for hydroxylation is 1. The molecule has 0 saturated heterocycles. The van der Waals surface area contributed by atoms with Gasteiger partial charge in [0, 0.05) is 19.2 Å². The zero-order valence-electron chi connectivity index (χ0n) is 16.6. The highest BCUT2D eigenvalue weighted by molar-refractivity contribution is 7.92. The third-order valence-electron chi connectivity index (χ3n) is 4.33. The smallest absolute Gasteiger partial charge is 0.271 e. The van der Waals surface area contributed by atoms with Gasteiger partial charge in [0.05, 0.1) is 22.6 Å². The lowest BCUT2D eigenvalue weighted by Crippen LogP contribution is -2.32. The zero-order chi connectivity index (χ0) is 21.8. The molecule has 0 aliphatic heterocycles. The van der Waals surface area contributed by atoms with Crippen molar-refractivity contribution in [3.8, 4) is 5.75 Å². The van der Waals surface area contributed by atoms with Crippen molar-refractivity contribution in [2.75, 3.05) is 22.9 Å². The van der Waals surface area contributed by atoms with Gasteiger partial charge in [0.2, 0.25) is 10.0 Å². The maximum Gasteiger partial charge on any atom is 0.271 e. The molecule has 0 spiro atoms. The number of nitrogens with zero attached hydrogens (tertiary/aromatic N) is 2. The molecule has 2 rings (SSSR count). The van der Waals surface area contributed by atoms with Gasteiger partial charge in [-0.05, 0) is 43.2 Å². The topological polar surface area (TPSA) is 119 Å². The number of anilines is 2. The van der Waals surface area contributed by atoms with Gasteiger partial charge in [0.15, 0.2) is 6.10 Å². The van der Waals surface area contributed by atoms with Crippen molar-refractivity contribution in [3.05, 3.63) is 58.1 Å². The van der Waals surface area contributed by atoms with Crippen LogP contribution >= 0.6 is 0 Å². The quantitative estimate of drug-likeness (QED) is 0.517. The Morgan fingerprint density at radius 3 is 2.38 bits per heavy atom. The van der Waals surface area contributed by atoms with Gasteiger partial charge in [-0.2, -0.15) is 0 Å². The summed E-state index contributed by atoms with van der Waals surface area (Å²) in [6.07, 6.45) is 0.641. The Hall–Kier alpha value is -3.14. The first-order valence-corrected chi connectivity index (χ1v) is 10.6. The summed E-state index contributed by atoms with van der Waals surface area (Å²) < 4.78 is 30.0. The predicted molar refractivity (Wildman–Crippen MR) is 111 cm³/mol. The van der Waals surface area contributed by atoms with Crippen LogP contribution in [0.5, 0.6) is 5.75 Å². The molecule has 1 amide bonds. The Morgan fingerprint density at radius 2 is 1.86 bits per heavy atom. The average molecular weight is 421 g/mol. The number of carbonyl (C=O) groups is 1. The highest BCUT2D eigenvalue weighted by Crippen LogP contribution is 2.24. The second kappa shape index (κ2) is 8.91. The summed E-state index contributed by atoms with van der Waals surface area (Å²) in [5, 5.41) is 13.6. The summed E-state index contributed by atoms with van der Waals surface area (Å²) in [5.41, 5.74) is 1.37. The van der Waals surface area contributed by atoms with Gasteiger partial charge in [0.25, 0.3) is 11.6 Å². The van der Waals surface area contributed by atoms with E-state index < -0.39 is 27.0 Å². The minimum absolute atomic E-state index is 0.120. The lowest BCUT2D eigenvalue weighted by atomic mass is 10.1. The molecular formula is C19H23N3O6S. The van der Waals surface area contributed by atoms with Crippen LogP contribution < -0.4 is 14.4 Å². The molecule has 0 radical (unpaired) electrons. The number of hydrogen-bond donors (Lipinski definition) is 1. The first-order chi connectivity index (χ1) is 13.5. The molecule has 10 heteroatoms. The van der Waals surface area contributed by atoms with Crippen molar-refractivity contribution >= 4 is 33.0 Å². The van der Waals surface area contributed by atoms with Crippen LogP contribution in [-0.4, -0.2) is 38.7 Å². The van der Waals surface area contributed by atoms with Gasteiger partial charge in [-0.15, -0.1) is 0 Å². The number of benzene rings is 2. The maximum absolute atomic E-state index is 12.6. The third-order valence-corrected chi connectivity index (χ3v) is 5.53. The number of rotatable bonds is 8. The van der Waals surface area contributed by atoms with E-state index in [-0.39, 0.29) is 5.69 Å². The largest absolute Gasteiger partial charge is 0.481 e. The van der Waals surface area contributed by atoms with E-state index in [1.54, 1.807) is 44.2 Å². The molecule has 0 aliphatic rings. The Bertz CT molecular complexity index is 1010. The van der Waals surface area contributed by atoms with Crippen LogP contribution in [0.4, 0.5) is 17.1 Å². The average Bonchev–Trinajstić information content (AvgIpc) is 2.66. The van der Waals surface area contributed by atoms with E-state index in [1.165, 1.54) is 19.2 Å². The molecule has 1 N–H and O–H groups in total. The highest BCUT2D eigenvalue weighted by atomic mass is 32.2. The molecular weight excluding hydrogens is 398 g/mol. The zero-order valence-corrected chi connectivity index (χ0v) is 17.4. The molecule has 156 valence electrons. The molecule has 29 heavy (non-hydrogen) atoms. The van der Waals surface area contributed by atoms with Crippen molar-refractivity contribution in [2.45, 2.75) is 26.4 Å². The number of non-ortho nitro benzene ring substituents is 1. The van der Waals surface area contributed by atoms with E-state index >= 15 is 0 Å². The van der Waals surface area contributed by atoms with Gasteiger partial charge < -0.3 is 10.1 Å². The van der Waals surface area contributed by atoms with Crippen molar-refractivity contribution in [3.63, 3.8) is 0 Å². The van der Waals surface area contributed by atoms with Gasteiger partial charge in [-0.3, -0.25) is 19.2 Å². The molecule has 0 aromatic heterocycles. The van der Waals surface area contributed by atoms with Crippen molar-refractivity contribution in [1.82, 2.24) is 0 Å². The standard InChI is InChI=1S/C19H23N3O6S/c1-5-18(19(23)20-17-12-15(22(24)25)7-6-13(17)2)28-16-10-8-14(9-11-16)21(3)29(4,26)27/h6-12,18H,5H2,1-4H3,(H,20,23). The number of ether oxygens (including phenoxy) is 1. The summed E-state index contributed by atoms with van der Waals surface area (Å²) in [5.74, 6) is -0.0400. The Labute approximate surface area is 169 Å². The first kappa shape index (κ1) is 22.2. The highest BCUT2D eigenvalue weighted by Gasteiger charge is 2.21. The lowest BCUT2D eigenvalue weighted by molar-refractivity contribution is -0.384. The number of carbonyl (C=O) groups excluding carboxylic acids is 1. The number of hydrogen-bond acceptors (Lipinski definition) is 6. The number of nitro groups is 1. The van der Waals surface area contributed by atoms with Crippen LogP contribution in [0, 0.1) is 17.0 Å². The van der Waals surface area contributed by atoms with Crippen molar-refractivity contribution in [1.29, 1.82) is 0 Å². The second-order valence-corrected chi connectivity index (χ2v) is 8.50. The molecule has 0 heterocycles. The lowest BCUT2D eigenvalue weighted by Gasteiger charge is -2.20. The fourth-order valence-electron chi connectivity index (χ4n) is 2.48. The minimum Gasteiger partial charge on any atom is -0.481 e. The second-order valence-electron chi connectivity index (χ2n) is 6.48. The Kier molecular flexibility index (Phi) is 6.80. The van der Waals surface area contributed by atoms with E-state index in [2.05, 4.69) is 5.32 Å². The molecule has 0 aliphatic carbocycles. The first-order valence-electron chi connectivity index (χ1n) is 8.79. The minimum atomic E-state index is -3.38. The van der Waals surface area contributed by atoms with E-state index in [0.717, 1.165) is 10.6 Å². The van der Waals surface area contributed by atoms with E-state index in [0.29, 0.717) is 29.1 Å². The molecule has 9 nitrogen and oxygen atoms in total. The third kappa shape index (κ3) is 5.67. The normalized spacial score (nSPS) is 12.1. The molecule has 1 unspecified atom stereocenters. The summed E-state index contributed by atoms with van der Waals surface area (Å²) >= 11 is 0. The van der Waals surface area contributed by atoms with Crippen LogP contribution in [0.3, 0.4) is 0 Å². The predicted octanol–water partition coefficient (Wildman–Crippen LogP) is 3.10. The summed E-state index contributed by atoms with van der Waals surface area (Å²) in [6, 6.07) is 10.5. The summed E-state index contributed by atoms with van der Waals surface area (Å²) in [6.45, 7) is 3.51. The van der Waals surface area contributed by atoms with E-state index in [4.69, 9.17) is 4.74 Å². The SMILES string of the molecule is CCC(Oc1ccc(N(C)S(C)(=O)=O)cc1)C(=O)Nc1cc([N+](=O)[O-])ccc1C. The van der Waals surface area contributed by atoms with Gasteiger partial charge in [0.1, 0.15) is 5.75 Å². The van der Waals surface area contributed by atoms with E-state index in [9.17, 15) is 23.3 Å². The molecule has 1 atom stereocenters. The summed E-state index contributed by atoms with van der Waals surface area (Å²) in [4.78, 5) is 23.0. The number of sulfonamides is 1. The van der Waals surface area contributed by atoms with Crippen LogP contribution in [0.1, 0.15) is 18.9 Å². The van der Waals surface area contributed by atoms with Crippen LogP contribution in [-0.2, 0) is 14.8 Å². The number of nitro benzene ring substituents is 1. The number of nitrogens with one attached hydrogen (secondary N) is 1. The van der Waals surface area contributed by atoms with Crippen LogP contribution in [0.2, 0.25) is 0 Å². The molecule has 0 fully saturated rings. The molecule has 0 bridgehead atoms. The fourth-order valence-corrected chi connectivity index (χ4v) is 2.99. The van der Waals surface area contributed by atoms with Crippen molar-refractivity contribution in [2.24, 2.45) is 0 Å². The Morgan fingerprint density at radius 1 is 1.24 bits per heavy atom. The van der Waals surface area contributed by atoms with Gasteiger partial charge in [-0.25, -0.2) is 8.42 Å². The van der Waals surface area contributed by atoms with E-state index in [1.807, 2.05) is 0 Å². The van der Waals surface area contributed by atoms with Crippen LogP contribution in [0.25, 0.3) is 0 Å². The molecule has 0 saturated carbocycles. The molecule has 2 aromatic carbocycles. The van der Waals surface area contributed by atoms with Crippen molar-refractivity contribution < 1.29 is 22.9 Å². The Balaban J connectivity index is 2.13. The van der Waals surface area contributed by atoms with Crippen LogP contribution in [0.15, 0.2) is 42.5 Å². The number of amides is 1. The fraction of sp³-hybridized carbons (Fsp3) is 0.316. The summed E-state index contributed by atoms with van der Waals surface area (Å²) in [7, 11) is -1.94. The monoisotopic (exact) mass is 421 g/mol.